The molecular formula is C8H9ClF6N2. The predicted molar refractivity (Wildman–Crippen MR) is 49.4 cm³/mol. The first-order valence-corrected chi connectivity index (χ1v) is 5.01. The largest absolute Gasteiger partial charge is 0.432 e. The van der Waals surface area contributed by atoms with Gasteiger partial charge >= 0.3 is 12.4 Å². The summed E-state index contributed by atoms with van der Waals surface area (Å²) >= 11 is 4.81. The van der Waals surface area contributed by atoms with Crippen molar-refractivity contribution in [3.63, 3.8) is 0 Å². The molecule has 0 aliphatic carbocycles. The number of alkyl halides is 6. The van der Waals surface area contributed by atoms with Crippen molar-refractivity contribution in [2.75, 3.05) is 26.2 Å². The van der Waals surface area contributed by atoms with Crippen LogP contribution >= 0.6 is 11.6 Å². The van der Waals surface area contributed by atoms with Gasteiger partial charge in [0.25, 0.3) is 0 Å². The molecule has 0 radical (unpaired) electrons. The highest BCUT2D eigenvalue weighted by molar-refractivity contribution is 6.30. The van der Waals surface area contributed by atoms with E-state index in [-0.39, 0.29) is 26.2 Å². The third-order valence-corrected chi connectivity index (χ3v) is 2.55. The molecule has 1 rings (SSSR count). The zero-order valence-corrected chi connectivity index (χ0v) is 9.18. The van der Waals surface area contributed by atoms with E-state index >= 15 is 0 Å². The van der Waals surface area contributed by atoms with Crippen LogP contribution in [0.3, 0.4) is 0 Å². The number of hydrogen-bond acceptors (Lipinski definition) is 2. The lowest BCUT2D eigenvalue weighted by atomic mass is 10.2. The van der Waals surface area contributed by atoms with Gasteiger partial charge in [-0.25, -0.2) is 0 Å². The van der Waals surface area contributed by atoms with Gasteiger partial charge in [0.15, 0.2) is 0 Å². The summed E-state index contributed by atoms with van der Waals surface area (Å²) in [5.41, 5.74) is -1.81. The molecule has 0 unspecified atom stereocenters. The van der Waals surface area contributed by atoms with Crippen LogP contribution in [-0.4, -0.2) is 43.4 Å². The number of piperazine rings is 1. The molecule has 17 heavy (non-hydrogen) atoms. The van der Waals surface area contributed by atoms with Crippen LogP contribution in [0.25, 0.3) is 0 Å². The van der Waals surface area contributed by atoms with Crippen molar-refractivity contribution >= 4 is 11.6 Å². The van der Waals surface area contributed by atoms with E-state index in [1.807, 2.05) is 0 Å². The maximum atomic E-state index is 12.6. The molecule has 1 fully saturated rings. The van der Waals surface area contributed by atoms with Crippen molar-refractivity contribution in [2.45, 2.75) is 12.4 Å². The summed E-state index contributed by atoms with van der Waals surface area (Å²) in [5, 5.41) is 0.624. The van der Waals surface area contributed by atoms with Crippen LogP contribution in [0, 0.1) is 0 Å². The lowest BCUT2D eigenvalue weighted by Crippen LogP contribution is -2.46. The van der Waals surface area contributed by atoms with Crippen LogP contribution in [0.15, 0.2) is 10.7 Å². The van der Waals surface area contributed by atoms with E-state index in [0.717, 1.165) is 0 Å². The standard InChI is InChI=1S/C8H9ClF6N2/c9-5(7(10,11)12)6(8(13,14)15)17-3-1-16-2-4-17/h16H,1-4H2/b6-5+. The van der Waals surface area contributed by atoms with Gasteiger partial charge in [0.1, 0.15) is 10.7 Å². The van der Waals surface area contributed by atoms with E-state index in [9.17, 15) is 26.3 Å². The molecule has 1 heterocycles. The highest BCUT2D eigenvalue weighted by Gasteiger charge is 2.47. The molecule has 0 aromatic heterocycles. The van der Waals surface area contributed by atoms with Crippen LogP contribution in [-0.2, 0) is 0 Å². The number of rotatable bonds is 1. The van der Waals surface area contributed by atoms with Crippen molar-refractivity contribution < 1.29 is 26.3 Å². The summed E-state index contributed by atoms with van der Waals surface area (Å²) in [6, 6.07) is 0. The molecule has 0 aromatic carbocycles. The van der Waals surface area contributed by atoms with Crippen molar-refractivity contribution in [1.29, 1.82) is 0 Å². The minimum absolute atomic E-state index is 0.166. The summed E-state index contributed by atoms with van der Waals surface area (Å²) in [7, 11) is 0. The maximum absolute atomic E-state index is 12.6. The Hall–Kier alpha value is -0.630. The van der Waals surface area contributed by atoms with Crippen molar-refractivity contribution in [3.8, 4) is 0 Å². The Labute approximate surface area is 98.2 Å². The van der Waals surface area contributed by atoms with Gasteiger partial charge in [-0.2, -0.15) is 26.3 Å². The molecule has 1 saturated heterocycles. The summed E-state index contributed by atoms with van der Waals surface area (Å²) in [6.07, 6.45) is -10.3. The summed E-state index contributed by atoms with van der Waals surface area (Å²) in [6.45, 7) is 0.0332. The normalized spacial score (nSPS) is 20.3. The van der Waals surface area contributed by atoms with Gasteiger partial charge in [-0.1, -0.05) is 11.6 Å². The third-order valence-electron chi connectivity index (χ3n) is 2.16. The smallest absolute Gasteiger partial charge is 0.364 e. The van der Waals surface area contributed by atoms with E-state index in [1.54, 1.807) is 0 Å². The Kier molecular flexibility index (Phi) is 4.19. The van der Waals surface area contributed by atoms with E-state index in [0.29, 0.717) is 4.90 Å². The monoisotopic (exact) mass is 282 g/mol. The Morgan fingerprint density at radius 3 is 1.76 bits per heavy atom. The minimum atomic E-state index is -5.20. The fraction of sp³-hybridized carbons (Fsp3) is 0.750. The second-order valence-electron chi connectivity index (χ2n) is 3.40. The zero-order chi connectivity index (χ0) is 13.3. The summed E-state index contributed by atoms with van der Waals surface area (Å²) < 4.78 is 74.5. The second-order valence-corrected chi connectivity index (χ2v) is 3.77. The van der Waals surface area contributed by atoms with Crippen LogP contribution in [0.4, 0.5) is 26.3 Å². The SMILES string of the molecule is FC(F)(F)/C(Cl)=C(\N1CCNCC1)C(F)(F)F. The van der Waals surface area contributed by atoms with E-state index in [2.05, 4.69) is 5.32 Å². The molecule has 1 aliphatic rings. The van der Waals surface area contributed by atoms with Crippen LogP contribution in [0.5, 0.6) is 0 Å². The lowest BCUT2D eigenvalue weighted by Gasteiger charge is -2.33. The molecule has 9 heteroatoms. The van der Waals surface area contributed by atoms with Gasteiger partial charge < -0.3 is 10.2 Å². The first kappa shape index (κ1) is 14.4. The average Bonchev–Trinajstić information content (AvgIpc) is 2.15. The maximum Gasteiger partial charge on any atom is 0.432 e. The van der Waals surface area contributed by atoms with Gasteiger partial charge in [0.05, 0.1) is 0 Å². The first-order chi connectivity index (χ1) is 7.64. The highest BCUT2D eigenvalue weighted by Crippen LogP contribution is 2.39. The number of hydrogen-bond donors (Lipinski definition) is 1. The fourth-order valence-electron chi connectivity index (χ4n) is 1.47. The molecule has 0 amide bonds. The van der Waals surface area contributed by atoms with E-state index < -0.39 is 23.1 Å². The molecule has 2 nitrogen and oxygen atoms in total. The van der Waals surface area contributed by atoms with E-state index in [4.69, 9.17) is 11.6 Å². The molecule has 0 spiro atoms. The average molecular weight is 283 g/mol. The van der Waals surface area contributed by atoms with E-state index in [1.165, 1.54) is 0 Å². The van der Waals surface area contributed by atoms with Gasteiger partial charge in [0, 0.05) is 26.2 Å². The first-order valence-electron chi connectivity index (χ1n) is 4.64. The molecule has 0 atom stereocenters. The van der Waals surface area contributed by atoms with Gasteiger partial charge in [0.2, 0.25) is 0 Å². The van der Waals surface area contributed by atoms with Crippen molar-refractivity contribution in [2.24, 2.45) is 0 Å². The van der Waals surface area contributed by atoms with Crippen molar-refractivity contribution in [1.82, 2.24) is 10.2 Å². The molecular weight excluding hydrogens is 274 g/mol. The Morgan fingerprint density at radius 2 is 1.41 bits per heavy atom. The third kappa shape index (κ3) is 3.67. The molecule has 100 valence electrons. The lowest BCUT2D eigenvalue weighted by molar-refractivity contribution is -0.127. The molecule has 0 bridgehead atoms. The topological polar surface area (TPSA) is 15.3 Å². The van der Waals surface area contributed by atoms with Gasteiger partial charge in [-0.05, 0) is 0 Å². The predicted octanol–water partition coefficient (Wildman–Crippen LogP) is 2.47. The van der Waals surface area contributed by atoms with Crippen LogP contribution in [0.2, 0.25) is 0 Å². The molecule has 1 N–H and O–H groups in total. The quantitative estimate of drug-likeness (QED) is 0.743. The molecule has 0 aromatic rings. The van der Waals surface area contributed by atoms with Crippen LogP contribution < -0.4 is 5.32 Å². The Balaban J connectivity index is 3.12. The van der Waals surface area contributed by atoms with Gasteiger partial charge in [-0.3, -0.25) is 0 Å². The second kappa shape index (κ2) is 4.93. The fourth-order valence-corrected chi connectivity index (χ4v) is 1.69. The summed E-state index contributed by atoms with van der Waals surface area (Å²) in [4.78, 5) is 0.603. The minimum Gasteiger partial charge on any atom is -0.364 e. The molecule has 0 saturated carbocycles. The summed E-state index contributed by atoms with van der Waals surface area (Å²) in [5.74, 6) is 0. The number of halogens is 7. The highest BCUT2D eigenvalue weighted by atomic mass is 35.5. The van der Waals surface area contributed by atoms with Crippen LogP contribution in [0.1, 0.15) is 0 Å². The Bertz CT molecular complexity index is 302. The van der Waals surface area contributed by atoms with Crippen molar-refractivity contribution in [3.05, 3.63) is 10.7 Å². The Morgan fingerprint density at radius 1 is 0.941 bits per heavy atom. The molecule has 1 aliphatic heterocycles. The number of nitrogens with zero attached hydrogens (tertiary/aromatic N) is 1. The number of nitrogens with one attached hydrogen (secondary N) is 1. The zero-order valence-electron chi connectivity index (χ0n) is 8.42. The number of allylic oxidation sites excluding steroid dienone is 2. The van der Waals surface area contributed by atoms with Gasteiger partial charge in [-0.15, -0.1) is 0 Å².